The van der Waals surface area contributed by atoms with Crippen molar-refractivity contribution in [2.75, 3.05) is 13.1 Å². The van der Waals surface area contributed by atoms with E-state index in [-0.39, 0.29) is 11.8 Å². The minimum Gasteiger partial charge on any atom is -0.341 e. The molecule has 2 aliphatic rings. The average molecular weight is 341 g/mol. The van der Waals surface area contributed by atoms with Crippen molar-refractivity contribution in [3.63, 3.8) is 0 Å². The Morgan fingerprint density at radius 3 is 2.80 bits per heavy atom. The maximum atomic E-state index is 12.3. The summed E-state index contributed by atoms with van der Waals surface area (Å²) in [5.41, 5.74) is 0.595. The Hall–Kier alpha value is -2.31. The summed E-state index contributed by atoms with van der Waals surface area (Å²) in [5, 5.41) is 3.96. The van der Waals surface area contributed by atoms with E-state index in [1.54, 1.807) is 18.6 Å². The van der Waals surface area contributed by atoms with E-state index >= 15 is 0 Å². The number of hydrogen-bond donors (Lipinski definition) is 0. The summed E-state index contributed by atoms with van der Waals surface area (Å²) >= 11 is 0. The lowest BCUT2D eigenvalue weighted by Gasteiger charge is -2.37. The van der Waals surface area contributed by atoms with Crippen molar-refractivity contribution in [2.45, 2.75) is 50.9 Å². The third-order valence-corrected chi connectivity index (χ3v) is 5.31. The summed E-state index contributed by atoms with van der Waals surface area (Å²) in [4.78, 5) is 26.8. The molecule has 3 heterocycles. The zero-order valence-corrected chi connectivity index (χ0v) is 14.3. The van der Waals surface area contributed by atoms with Gasteiger partial charge in [-0.15, -0.1) is 0 Å². The van der Waals surface area contributed by atoms with Crippen LogP contribution >= 0.6 is 0 Å². The van der Waals surface area contributed by atoms with Crippen LogP contribution in [0.2, 0.25) is 0 Å². The van der Waals surface area contributed by atoms with Crippen LogP contribution in [0.4, 0.5) is 0 Å². The molecule has 2 fully saturated rings. The summed E-state index contributed by atoms with van der Waals surface area (Å²) in [6.45, 7) is 1.34. The Bertz CT molecular complexity index is 705. The SMILES string of the molecule is O=C(CCC1CCCCC1)N1CC(c2nc(-c3cnccn3)no2)C1. The Balaban J connectivity index is 1.26. The average Bonchev–Trinajstić information content (AvgIpc) is 3.10. The molecule has 1 saturated heterocycles. The molecule has 0 N–H and O–H groups in total. The summed E-state index contributed by atoms with van der Waals surface area (Å²) in [7, 11) is 0. The van der Waals surface area contributed by atoms with Crippen LogP contribution in [0.3, 0.4) is 0 Å². The molecule has 2 aromatic heterocycles. The second-order valence-electron chi connectivity index (χ2n) is 7.09. The molecule has 0 aromatic carbocycles. The van der Waals surface area contributed by atoms with E-state index in [0.29, 0.717) is 36.9 Å². The molecule has 7 heteroatoms. The number of carbonyl (C=O) groups excluding carboxylic acids is 1. The zero-order valence-electron chi connectivity index (χ0n) is 14.3. The summed E-state index contributed by atoms with van der Waals surface area (Å²) in [6, 6.07) is 0. The fourth-order valence-corrected chi connectivity index (χ4v) is 3.72. The van der Waals surface area contributed by atoms with Crippen molar-refractivity contribution in [3.8, 4) is 11.5 Å². The highest BCUT2D eigenvalue weighted by atomic mass is 16.5. The van der Waals surface area contributed by atoms with Crippen molar-refractivity contribution >= 4 is 5.91 Å². The van der Waals surface area contributed by atoms with Crippen molar-refractivity contribution < 1.29 is 9.32 Å². The molecule has 132 valence electrons. The summed E-state index contributed by atoms with van der Waals surface area (Å²) in [5.74, 6) is 2.18. The van der Waals surface area contributed by atoms with E-state index in [4.69, 9.17) is 4.52 Å². The van der Waals surface area contributed by atoms with Gasteiger partial charge in [0.05, 0.1) is 12.1 Å². The smallest absolute Gasteiger partial charge is 0.233 e. The highest BCUT2D eigenvalue weighted by molar-refractivity contribution is 5.77. The summed E-state index contributed by atoms with van der Waals surface area (Å²) in [6.07, 6.45) is 13.1. The van der Waals surface area contributed by atoms with E-state index < -0.39 is 0 Å². The first-order valence-corrected chi connectivity index (χ1v) is 9.17. The molecule has 0 spiro atoms. The molecule has 7 nitrogen and oxygen atoms in total. The van der Waals surface area contributed by atoms with E-state index in [1.165, 1.54) is 32.1 Å². The molecule has 1 aliphatic heterocycles. The van der Waals surface area contributed by atoms with Crippen LogP contribution in [0.1, 0.15) is 56.8 Å². The van der Waals surface area contributed by atoms with Crippen LogP contribution in [-0.4, -0.2) is 44.0 Å². The van der Waals surface area contributed by atoms with Crippen LogP contribution in [0.15, 0.2) is 23.1 Å². The fourth-order valence-electron chi connectivity index (χ4n) is 3.72. The van der Waals surface area contributed by atoms with Crippen LogP contribution in [0, 0.1) is 5.92 Å². The van der Waals surface area contributed by atoms with Gasteiger partial charge in [0.1, 0.15) is 5.69 Å². The van der Waals surface area contributed by atoms with Gasteiger partial charge < -0.3 is 9.42 Å². The highest BCUT2D eigenvalue weighted by Gasteiger charge is 2.35. The predicted molar refractivity (Wildman–Crippen MR) is 90.5 cm³/mol. The van der Waals surface area contributed by atoms with Crippen LogP contribution in [-0.2, 0) is 4.79 Å². The third-order valence-electron chi connectivity index (χ3n) is 5.31. The number of carbonyl (C=O) groups is 1. The van der Waals surface area contributed by atoms with Gasteiger partial charge in [0.2, 0.25) is 17.6 Å². The first-order valence-electron chi connectivity index (χ1n) is 9.17. The number of amides is 1. The highest BCUT2D eigenvalue weighted by Crippen LogP contribution is 2.30. The van der Waals surface area contributed by atoms with Crippen molar-refractivity contribution in [3.05, 3.63) is 24.5 Å². The molecule has 0 radical (unpaired) electrons. The van der Waals surface area contributed by atoms with Gasteiger partial charge in [-0.25, -0.2) is 4.98 Å². The molecule has 0 unspecified atom stereocenters. The van der Waals surface area contributed by atoms with Crippen molar-refractivity contribution in [1.29, 1.82) is 0 Å². The van der Waals surface area contributed by atoms with Gasteiger partial charge in [-0.3, -0.25) is 9.78 Å². The second-order valence-corrected chi connectivity index (χ2v) is 7.09. The number of hydrogen-bond acceptors (Lipinski definition) is 6. The van der Waals surface area contributed by atoms with Crippen LogP contribution in [0.5, 0.6) is 0 Å². The van der Waals surface area contributed by atoms with Gasteiger partial charge in [-0.1, -0.05) is 37.3 Å². The number of rotatable bonds is 5. The first-order chi connectivity index (χ1) is 12.3. The van der Waals surface area contributed by atoms with E-state index in [9.17, 15) is 4.79 Å². The monoisotopic (exact) mass is 341 g/mol. The Kier molecular flexibility index (Phi) is 4.72. The molecule has 0 atom stereocenters. The molecule has 0 bridgehead atoms. The predicted octanol–water partition coefficient (Wildman–Crippen LogP) is 2.81. The van der Waals surface area contributed by atoms with Crippen LogP contribution in [0.25, 0.3) is 11.5 Å². The molecule has 1 saturated carbocycles. The number of aromatic nitrogens is 4. The Labute approximate surface area is 146 Å². The summed E-state index contributed by atoms with van der Waals surface area (Å²) < 4.78 is 5.34. The lowest BCUT2D eigenvalue weighted by molar-refractivity contribution is -0.136. The maximum absolute atomic E-state index is 12.3. The Morgan fingerprint density at radius 1 is 1.20 bits per heavy atom. The largest absolute Gasteiger partial charge is 0.341 e. The van der Waals surface area contributed by atoms with Gasteiger partial charge in [0.25, 0.3) is 0 Å². The Morgan fingerprint density at radius 2 is 2.04 bits per heavy atom. The normalized spacial score (nSPS) is 19.0. The molecule has 1 aliphatic carbocycles. The van der Waals surface area contributed by atoms with Gasteiger partial charge in [-0.05, 0) is 12.3 Å². The molecule has 4 rings (SSSR count). The number of nitrogens with zero attached hydrogens (tertiary/aromatic N) is 5. The van der Waals surface area contributed by atoms with Crippen molar-refractivity contribution in [2.24, 2.45) is 5.92 Å². The quantitative estimate of drug-likeness (QED) is 0.831. The van der Waals surface area contributed by atoms with Crippen molar-refractivity contribution in [1.82, 2.24) is 25.0 Å². The van der Waals surface area contributed by atoms with E-state index in [1.807, 2.05) is 4.90 Å². The van der Waals surface area contributed by atoms with Gasteiger partial charge in [-0.2, -0.15) is 4.98 Å². The standard InChI is InChI=1S/C18H23N5O2/c24-16(7-6-13-4-2-1-3-5-13)23-11-14(12-23)18-21-17(22-25-18)15-10-19-8-9-20-15/h8-10,13-14H,1-7,11-12H2. The molecule has 2 aromatic rings. The lowest BCUT2D eigenvalue weighted by atomic mass is 9.86. The third kappa shape index (κ3) is 3.70. The van der Waals surface area contributed by atoms with E-state index in [0.717, 1.165) is 12.3 Å². The van der Waals surface area contributed by atoms with Gasteiger partial charge in [0.15, 0.2) is 0 Å². The zero-order chi connectivity index (χ0) is 17.1. The van der Waals surface area contributed by atoms with Gasteiger partial charge in [0, 0.05) is 31.9 Å². The fraction of sp³-hybridized carbons (Fsp3) is 0.611. The second kappa shape index (κ2) is 7.29. The minimum absolute atomic E-state index is 0.136. The molecule has 25 heavy (non-hydrogen) atoms. The molecular formula is C18H23N5O2. The number of likely N-dealkylation sites (tertiary alicyclic amines) is 1. The molecular weight excluding hydrogens is 318 g/mol. The lowest BCUT2D eigenvalue weighted by Crippen LogP contribution is -2.48. The van der Waals surface area contributed by atoms with Gasteiger partial charge >= 0.3 is 0 Å². The molecule has 1 amide bonds. The first kappa shape index (κ1) is 16.2. The topological polar surface area (TPSA) is 85.0 Å². The minimum atomic E-state index is 0.136. The van der Waals surface area contributed by atoms with Crippen LogP contribution < -0.4 is 0 Å². The van der Waals surface area contributed by atoms with E-state index in [2.05, 4.69) is 20.1 Å². The maximum Gasteiger partial charge on any atom is 0.233 e.